The van der Waals surface area contributed by atoms with E-state index in [-0.39, 0.29) is 28.5 Å². The second-order valence-electron chi connectivity index (χ2n) is 6.96. The van der Waals surface area contributed by atoms with Gasteiger partial charge in [0.15, 0.2) is 0 Å². The molecule has 0 aromatic heterocycles. The molecule has 2 nitrogen and oxygen atoms in total. The lowest BCUT2D eigenvalue weighted by Gasteiger charge is -2.46. The van der Waals surface area contributed by atoms with Gasteiger partial charge in [0.05, 0.1) is 16.5 Å². The molecule has 1 saturated heterocycles. The fourth-order valence-corrected chi connectivity index (χ4v) is 5.49. The number of carbonyl (C=O) groups excluding carboxylic acids is 1. The molecule has 0 bridgehead atoms. The number of allylic oxidation sites excluding steroid dienone is 1. The molecule has 1 fully saturated rings. The summed E-state index contributed by atoms with van der Waals surface area (Å²) in [6.45, 7) is 7.97. The van der Waals surface area contributed by atoms with Gasteiger partial charge in [-0.25, -0.2) is 0 Å². The van der Waals surface area contributed by atoms with Crippen LogP contribution < -0.4 is 0 Å². The summed E-state index contributed by atoms with van der Waals surface area (Å²) in [6.07, 6.45) is 2.48. The third-order valence-electron chi connectivity index (χ3n) is 4.75. The molecule has 2 aromatic carbocycles. The van der Waals surface area contributed by atoms with Gasteiger partial charge in [0.2, 0.25) is 5.91 Å². The Morgan fingerprint density at radius 1 is 1.11 bits per heavy atom. The van der Waals surface area contributed by atoms with Crippen molar-refractivity contribution in [1.82, 2.24) is 4.90 Å². The monoisotopic (exact) mass is 419 g/mol. The molecule has 0 unspecified atom stereocenters. The van der Waals surface area contributed by atoms with Crippen molar-refractivity contribution in [2.45, 2.75) is 42.9 Å². The number of halogens is 2. The summed E-state index contributed by atoms with van der Waals surface area (Å²) < 4.78 is 0. The van der Waals surface area contributed by atoms with Gasteiger partial charge in [-0.05, 0) is 55.7 Å². The van der Waals surface area contributed by atoms with Gasteiger partial charge in [0.1, 0.15) is 0 Å². The van der Waals surface area contributed by atoms with Crippen molar-refractivity contribution in [3.63, 3.8) is 0 Å². The molecule has 0 aliphatic carbocycles. The molecule has 2 aromatic rings. The Balaban J connectivity index is 2.13. The summed E-state index contributed by atoms with van der Waals surface area (Å²) in [5.41, 5.74) is 2.20. The number of thioether (sulfide) groups is 1. The number of nitrogens with zero attached hydrogens (tertiary/aromatic N) is 1. The minimum absolute atomic E-state index is 0.0769. The van der Waals surface area contributed by atoms with Crippen molar-refractivity contribution in [2.24, 2.45) is 0 Å². The second kappa shape index (κ2) is 8.72. The summed E-state index contributed by atoms with van der Waals surface area (Å²) in [5, 5.41) is 1.33. The number of benzene rings is 2. The van der Waals surface area contributed by atoms with Crippen molar-refractivity contribution in [2.75, 3.05) is 0 Å². The van der Waals surface area contributed by atoms with Crippen LogP contribution in [0.25, 0.3) is 0 Å². The first-order chi connectivity index (χ1) is 12.9. The van der Waals surface area contributed by atoms with Gasteiger partial charge in [0.25, 0.3) is 0 Å². The van der Waals surface area contributed by atoms with E-state index in [0.29, 0.717) is 16.5 Å². The van der Waals surface area contributed by atoms with Gasteiger partial charge >= 0.3 is 0 Å². The predicted molar refractivity (Wildman–Crippen MR) is 117 cm³/mol. The highest BCUT2D eigenvalue weighted by molar-refractivity contribution is 8.01. The zero-order valence-corrected chi connectivity index (χ0v) is 17.8. The fourth-order valence-electron chi connectivity index (χ4n) is 3.58. The molecule has 142 valence electrons. The average Bonchev–Trinajstić information content (AvgIpc) is 2.63. The summed E-state index contributed by atoms with van der Waals surface area (Å²) in [4.78, 5) is 15.3. The lowest BCUT2D eigenvalue weighted by molar-refractivity contribution is -0.136. The number of hydrogen-bond acceptors (Lipinski definition) is 2. The molecule has 1 aliphatic heterocycles. The normalized spacial score (nSPS) is 22.9. The van der Waals surface area contributed by atoms with Crippen LogP contribution in [0.4, 0.5) is 0 Å². The van der Waals surface area contributed by atoms with Crippen molar-refractivity contribution in [1.29, 1.82) is 0 Å². The molecular formula is C22H23Cl2NOS. The van der Waals surface area contributed by atoms with Crippen LogP contribution >= 0.6 is 35.0 Å². The predicted octanol–water partition coefficient (Wildman–Crippen LogP) is 6.70. The maximum Gasteiger partial charge on any atom is 0.236 e. The van der Waals surface area contributed by atoms with Gasteiger partial charge in [0, 0.05) is 16.1 Å². The minimum Gasteiger partial charge on any atom is -0.331 e. The third-order valence-corrected chi connectivity index (χ3v) is 6.79. The van der Waals surface area contributed by atoms with Gasteiger partial charge in [-0.2, -0.15) is 0 Å². The van der Waals surface area contributed by atoms with Crippen LogP contribution in [0.5, 0.6) is 0 Å². The van der Waals surface area contributed by atoms with E-state index >= 15 is 0 Å². The highest BCUT2D eigenvalue weighted by Gasteiger charge is 2.44. The molecule has 0 spiro atoms. The van der Waals surface area contributed by atoms with E-state index in [1.54, 1.807) is 11.8 Å². The van der Waals surface area contributed by atoms with Gasteiger partial charge in [-0.15, -0.1) is 18.3 Å². The Bertz CT molecular complexity index is 821. The highest BCUT2D eigenvalue weighted by atomic mass is 35.5. The zero-order valence-electron chi connectivity index (χ0n) is 15.4. The highest BCUT2D eigenvalue weighted by Crippen LogP contribution is 2.51. The average molecular weight is 420 g/mol. The maximum absolute atomic E-state index is 13.3. The number of carbonyl (C=O) groups is 1. The second-order valence-corrected chi connectivity index (χ2v) is 9.18. The Morgan fingerprint density at radius 2 is 1.81 bits per heavy atom. The Hall–Kier alpha value is -1.42. The number of hydrogen-bond donors (Lipinski definition) is 0. The molecule has 0 N–H and O–H groups in total. The van der Waals surface area contributed by atoms with E-state index < -0.39 is 0 Å². The van der Waals surface area contributed by atoms with Crippen molar-refractivity contribution >= 4 is 40.9 Å². The van der Waals surface area contributed by atoms with Crippen LogP contribution in [0.1, 0.15) is 42.7 Å². The topological polar surface area (TPSA) is 20.3 Å². The molecule has 27 heavy (non-hydrogen) atoms. The number of amides is 1. The van der Waals surface area contributed by atoms with Crippen LogP contribution in [-0.4, -0.2) is 22.1 Å². The number of rotatable bonds is 5. The third kappa shape index (κ3) is 4.37. The molecule has 1 amide bonds. The van der Waals surface area contributed by atoms with Crippen LogP contribution in [0.2, 0.25) is 10.0 Å². The van der Waals surface area contributed by atoms with Crippen LogP contribution in [0.15, 0.2) is 61.2 Å². The molecule has 3 rings (SSSR count). The minimum atomic E-state index is -0.141. The Morgan fingerprint density at radius 3 is 2.41 bits per heavy atom. The molecule has 1 aliphatic rings. The fraction of sp³-hybridized carbons (Fsp3) is 0.318. The van der Waals surface area contributed by atoms with Gasteiger partial charge < -0.3 is 4.90 Å². The SMILES string of the molecule is C=CC[C@@H]1S[C@@H](c2cccc(Cl)c2)[C@@H](c2ccc(Cl)cc2)N(C(C)C)C1=O. The molecule has 3 atom stereocenters. The van der Waals surface area contributed by atoms with E-state index in [2.05, 4.69) is 26.5 Å². The largest absolute Gasteiger partial charge is 0.331 e. The van der Waals surface area contributed by atoms with E-state index in [1.807, 2.05) is 53.4 Å². The quantitative estimate of drug-likeness (QED) is 0.502. The van der Waals surface area contributed by atoms with E-state index in [9.17, 15) is 4.79 Å². The van der Waals surface area contributed by atoms with Crippen molar-refractivity contribution < 1.29 is 4.79 Å². The molecule has 1 heterocycles. The summed E-state index contributed by atoms with van der Waals surface area (Å²) in [6, 6.07) is 15.7. The van der Waals surface area contributed by atoms with Crippen molar-refractivity contribution in [3.8, 4) is 0 Å². The zero-order chi connectivity index (χ0) is 19.6. The molecule has 5 heteroatoms. The Kier molecular flexibility index (Phi) is 6.56. The maximum atomic E-state index is 13.3. The lowest BCUT2D eigenvalue weighted by Crippen LogP contribution is -2.49. The molecule has 0 saturated carbocycles. The molecule has 0 radical (unpaired) electrons. The summed E-state index contributed by atoms with van der Waals surface area (Å²) in [5.74, 6) is 0.160. The standard InChI is InChI=1S/C22H23Cl2NOS/c1-4-6-19-22(26)25(14(2)3)20(15-9-11-17(23)12-10-15)21(27-19)16-7-5-8-18(24)13-16/h4-5,7-14,19-21H,1,6H2,2-3H3/t19-,20+,21-/m0/s1. The lowest BCUT2D eigenvalue weighted by atomic mass is 9.94. The van der Waals surface area contributed by atoms with Crippen LogP contribution in [-0.2, 0) is 4.79 Å². The molecular weight excluding hydrogens is 397 g/mol. The Labute approximate surface area is 175 Å². The first kappa shape index (κ1) is 20.3. The first-order valence-electron chi connectivity index (χ1n) is 9.02. The summed E-state index contributed by atoms with van der Waals surface area (Å²) >= 11 is 14.1. The van der Waals surface area contributed by atoms with Gasteiger partial charge in [-0.1, -0.05) is 53.5 Å². The van der Waals surface area contributed by atoms with Crippen molar-refractivity contribution in [3.05, 3.63) is 82.4 Å². The first-order valence-corrected chi connectivity index (χ1v) is 10.7. The van der Waals surface area contributed by atoms with E-state index in [1.165, 1.54) is 0 Å². The smallest absolute Gasteiger partial charge is 0.236 e. The van der Waals surface area contributed by atoms with Crippen LogP contribution in [0.3, 0.4) is 0 Å². The van der Waals surface area contributed by atoms with E-state index in [4.69, 9.17) is 23.2 Å². The van der Waals surface area contributed by atoms with E-state index in [0.717, 1.165) is 11.1 Å². The summed E-state index contributed by atoms with van der Waals surface area (Å²) in [7, 11) is 0. The van der Waals surface area contributed by atoms with Crippen LogP contribution in [0, 0.1) is 0 Å². The van der Waals surface area contributed by atoms with Gasteiger partial charge in [-0.3, -0.25) is 4.79 Å².